The van der Waals surface area contributed by atoms with Crippen LogP contribution in [-0.4, -0.2) is 38.0 Å². The van der Waals surface area contributed by atoms with Crippen LogP contribution in [0.4, 0.5) is 0 Å². The Bertz CT molecular complexity index is 531. The largest absolute Gasteiger partial charge is 0.316 e. The summed E-state index contributed by atoms with van der Waals surface area (Å²) in [6, 6.07) is 3.39. The fourth-order valence-corrected chi connectivity index (χ4v) is 4.43. The van der Waals surface area contributed by atoms with E-state index in [0.717, 1.165) is 24.8 Å². The lowest BCUT2D eigenvalue weighted by Gasteiger charge is -2.13. The highest BCUT2D eigenvalue weighted by molar-refractivity contribution is 7.99. The highest BCUT2D eigenvalue weighted by Gasteiger charge is 2.28. The van der Waals surface area contributed by atoms with Crippen molar-refractivity contribution in [3.8, 4) is 0 Å². The molecule has 0 bridgehead atoms. The van der Waals surface area contributed by atoms with Crippen molar-refractivity contribution in [2.45, 2.75) is 42.1 Å². The number of hydrogen-bond acceptors (Lipinski definition) is 5. The average Bonchev–Trinajstić information content (AvgIpc) is 2.87. The second kappa shape index (κ2) is 6.89. The summed E-state index contributed by atoms with van der Waals surface area (Å²) in [6.07, 6.45) is 6.55. The van der Waals surface area contributed by atoms with Crippen LogP contribution in [0.5, 0.6) is 0 Å². The minimum absolute atomic E-state index is 0.0382. The van der Waals surface area contributed by atoms with Gasteiger partial charge in [-0.1, -0.05) is 6.07 Å². The SMILES string of the molecule is CNCc1ccc(S(=O)(=O)NC2CCC(SC)C2)nc1. The second-order valence-corrected chi connectivity index (χ2v) is 7.82. The van der Waals surface area contributed by atoms with Gasteiger partial charge in [0, 0.05) is 24.0 Å². The lowest BCUT2D eigenvalue weighted by atomic mass is 10.3. The molecule has 1 fully saturated rings. The normalized spacial score (nSPS) is 23.1. The number of nitrogens with zero attached hydrogens (tertiary/aromatic N) is 1. The van der Waals surface area contributed by atoms with Gasteiger partial charge in [-0.2, -0.15) is 11.8 Å². The second-order valence-electron chi connectivity index (χ2n) is 5.02. The third kappa shape index (κ3) is 3.94. The zero-order valence-electron chi connectivity index (χ0n) is 11.8. The molecule has 0 radical (unpaired) electrons. The topological polar surface area (TPSA) is 71.1 Å². The van der Waals surface area contributed by atoms with Gasteiger partial charge < -0.3 is 5.32 Å². The zero-order chi connectivity index (χ0) is 14.6. The van der Waals surface area contributed by atoms with Crippen molar-refractivity contribution in [1.29, 1.82) is 0 Å². The number of sulfonamides is 1. The molecule has 1 aromatic rings. The molecule has 1 aromatic heterocycles. The molecule has 20 heavy (non-hydrogen) atoms. The van der Waals surface area contributed by atoms with Gasteiger partial charge in [0.15, 0.2) is 5.03 Å². The van der Waals surface area contributed by atoms with Gasteiger partial charge in [0.05, 0.1) is 0 Å². The van der Waals surface area contributed by atoms with Gasteiger partial charge in [0.2, 0.25) is 0 Å². The molecule has 1 aliphatic carbocycles. The Labute approximate surface area is 125 Å². The van der Waals surface area contributed by atoms with E-state index < -0.39 is 10.0 Å². The van der Waals surface area contributed by atoms with Gasteiger partial charge in [-0.05, 0) is 44.2 Å². The smallest absolute Gasteiger partial charge is 0.258 e. The first-order valence-corrected chi connectivity index (χ1v) is 9.47. The summed E-state index contributed by atoms with van der Waals surface area (Å²) < 4.78 is 27.3. The summed E-state index contributed by atoms with van der Waals surface area (Å²) in [6.45, 7) is 0.679. The third-order valence-electron chi connectivity index (χ3n) is 3.49. The molecule has 7 heteroatoms. The molecule has 1 saturated carbocycles. The van der Waals surface area contributed by atoms with Crippen molar-refractivity contribution in [1.82, 2.24) is 15.0 Å². The van der Waals surface area contributed by atoms with Crippen LogP contribution in [0.3, 0.4) is 0 Å². The number of hydrogen-bond donors (Lipinski definition) is 2. The Morgan fingerprint density at radius 1 is 1.40 bits per heavy atom. The van der Waals surface area contributed by atoms with Crippen LogP contribution >= 0.6 is 11.8 Å². The van der Waals surface area contributed by atoms with E-state index in [4.69, 9.17) is 0 Å². The molecule has 0 spiro atoms. The Morgan fingerprint density at radius 2 is 2.20 bits per heavy atom. The lowest BCUT2D eigenvalue weighted by Crippen LogP contribution is -2.33. The van der Waals surface area contributed by atoms with Crippen molar-refractivity contribution in [3.05, 3.63) is 23.9 Å². The fourth-order valence-electron chi connectivity index (χ4n) is 2.42. The van der Waals surface area contributed by atoms with Gasteiger partial charge >= 0.3 is 0 Å². The number of nitrogens with one attached hydrogen (secondary N) is 2. The van der Waals surface area contributed by atoms with Crippen LogP contribution in [0.25, 0.3) is 0 Å². The van der Waals surface area contributed by atoms with Crippen molar-refractivity contribution in [2.75, 3.05) is 13.3 Å². The predicted molar refractivity (Wildman–Crippen MR) is 82.3 cm³/mol. The van der Waals surface area contributed by atoms with Crippen LogP contribution in [0, 0.1) is 0 Å². The third-order valence-corrected chi connectivity index (χ3v) is 6.02. The standard InChI is InChI=1S/C13H21N3O2S2/c1-14-8-10-3-6-13(15-9-10)20(17,18)16-11-4-5-12(7-11)19-2/h3,6,9,11-12,14,16H,4-5,7-8H2,1-2H3. The number of aromatic nitrogens is 1. The molecule has 1 heterocycles. The number of rotatable bonds is 6. The molecule has 2 unspecified atom stereocenters. The summed E-state index contributed by atoms with van der Waals surface area (Å²) in [5.74, 6) is 0. The van der Waals surface area contributed by atoms with Crippen LogP contribution < -0.4 is 10.0 Å². The van der Waals surface area contributed by atoms with Crippen molar-refractivity contribution < 1.29 is 8.42 Å². The monoisotopic (exact) mass is 315 g/mol. The van der Waals surface area contributed by atoms with Crippen LogP contribution in [0.2, 0.25) is 0 Å². The first kappa shape index (κ1) is 15.8. The minimum atomic E-state index is -3.50. The van der Waals surface area contributed by atoms with E-state index in [1.807, 2.05) is 18.8 Å². The maximum atomic E-state index is 12.3. The summed E-state index contributed by atoms with van der Waals surface area (Å²) in [5, 5.41) is 3.67. The zero-order valence-corrected chi connectivity index (χ0v) is 13.4. The fraction of sp³-hybridized carbons (Fsp3) is 0.615. The molecule has 2 N–H and O–H groups in total. The van der Waals surface area contributed by atoms with E-state index in [2.05, 4.69) is 21.3 Å². The molecule has 0 aliphatic heterocycles. The molecule has 2 atom stereocenters. The summed E-state index contributed by atoms with van der Waals surface area (Å²) in [5.41, 5.74) is 0.967. The first-order chi connectivity index (χ1) is 9.55. The van der Waals surface area contributed by atoms with Crippen LogP contribution in [0.15, 0.2) is 23.4 Å². The molecule has 2 rings (SSSR count). The van der Waals surface area contributed by atoms with E-state index >= 15 is 0 Å². The predicted octanol–water partition coefficient (Wildman–Crippen LogP) is 1.36. The van der Waals surface area contributed by atoms with Crippen LogP contribution in [0.1, 0.15) is 24.8 Å². The van der Waals surface area contributed by atoms with E-state index in [9.17, 15) is 8.42 Å². The molecule has 0 aromatic carbocycles. The van der Waals surface area contributed by atoms with Crippen molar-refractivity contribution >= 4 is 21.8 Å². The molecular formula is C13H21N3O2S2. The minimum Gasteiger partial charge on any atom is -0.316 e. The molecular weight excluding hydrogens is 294 g/mol. The molecule has 0 saturated heterocycles. The molecule has 112 valence electrons. The molecule has 1 aliphatic rings. The Kier molecular flexibility index (Phi) is 5.42. The van der Waals surface area contributed by atoms with E-state index in [0.29, 0.717) is 11.8 Å². The Balaban J connectivity index is 2.03. The summed E-state index contributed by atoms with van der Waals surface area (Å²) in [4.78, 5) is 4.05. The van der Waals surface area contributed by atoms with Gasteiger partial charge in [0.1, 0.15) is 0 Å². The summed E-state index contributed by atoms with van der Waals surface area (Å²) >= 11 is 1.81. The van der Waals surface area contributed by atoms with Gasteiger partial charge in [-0.15, -0.1) is 0 Å². The molecule has 5 nitrogen and oxygen atoms in total. The van der Waals surface area contributed by atoms with Crippen LogP contribution in [-0.2, 0) is 16.6 Å². The van der Waals surface area contributed by atoms with E-state index in [1.54, 1.807) is 18.3 Å². The average molecular weight is 315 g/mol. The van der Waals surface area contributed by atoms with Gasteiger partial charge in [-0.25, -0.2) is 18.1 Å². The quantitative estimate of drug-likeness (QED) is 0.829. The van der Waals surface area contributed by atoms with E-state index in [-0.39, 0.29) is 11.1 Å². The highest BCUT2D eigenvalue weighted by Crippen LogP contribution is 2.28. The molecule has 0 amide bonds. The maximum Gasteiger partial charge on any atom is 0.258 e. The number of pyridine rings is 1. The lowest BCUT2D eigenvalue weighted by molar-refractivity contribution is 0.549. The van der Waals surface area contributed by atoms with Gasteiger partial charge in [0.25, 0.3) is 10.0 Å². The highest BCUT2D eigenvalue weighted by atomic mass is 32.2. The first-order valence-electron chi connectivity index (χ1n) is 6.70. The van der Waals surface area contributed by atoms with Gasteiger partial charge in [-0.3, -0.25) is 0 Å². The Morgan fingerprint density at radius 3 is 2.75 bits per heavy atom. The summed E-state index contributed by atoms with van der Waals surface area (Å²) in [7, 11) is -1.66. The van der Waals surface area contributed by atoms with E-state index in [1.165, 1.54) is 0 Å². The number of thioether (sulfide) groups is 1. The van der Waals surface area contributed by atoms with Crippen molar-refractivity contribution in [2.24, 2.45) is 0 Å². The Hall–Kier alpha value is -0.630. The maximum absolute atomic E-state index is 12.3. The van der Waals surface area contributed by atoms with Crippen molar-refractivity contribution in [3.63, 3.8) is 0 Å².